The molecule has 1 aromatic heterocycles. The van der Waals surface area contributed by atoms with E-state index in [-0.39, 0.29) is 11.3 Å². The number of aryl methyl sites for hydroxylation is 1. The molecule has 2 aromatic carbocycles. The number of hydrogen-bond donors (Lipinski definition) is 0. The van der Waals surface area contributed by atoms with Crippen molar-refractivity contribution in [1.29, 1.82) is 0 Å². The van der Waals surface area contributed by atoms with Crippen molar-refractivity contribution in [3.8, 4) is 0 Å². The van der Waals surface area contributed by atoms with Crippen LogP contribution in [-0.4, -0.2) is 5.78 Å². The van der Waals surface area contributed by atoms with Gasteiger partial charge < -0.3 is 4.42 Å². The molecule has 0 aliphatic rings. The van der Waals surface area contributed by atoms with E-state index in [0.29, 0.717) is 5.58 Å². The van der Waals surface area contributed by atoms with Crippen LogP contribution >= 0.6 is 0 Å². The van der Waals surface area contributed by atoms with E-state index in [2.05, 4.69) is 19.9 Å². The number of para-hydroxylation sites is 1. The lowest BCUT2D eigenvalue weighted by atomic mass is 9.96. The van der Waals surface area contributed by atoms with Crippen molar-refractivity contribution in [3.63, 3.8) is 0 Å². The summed E-state index contributed by atoms with van der Waals surface area (Å²) in [7, 11) is 0. The Morgan fingerprint density at radius 3 is 2.60 bits per heavy atom. The van der Waals surface area contributed by atoms with Crippen molar-refractivity contribution >= 4 is 22.8 Å². The first-order valence-corrected chi connectivity index (χ1v) is 8.50. The summed E-state index contributed by atoms with van der Waals surface area (Å²) in [4.78, 5) is 24.6. The van der Waals surface area contributed by atoms with Crippen LogP contribution in [0.4, 0.5) is 0 Å². The van der Waals surface area contributed by atoms with E-state index in [4.69, 9.17) is 4.42 Å². The first-order chi connectivity index (χ1) is 12.1. The highest BCUT2D eigenvalue weighted by molar-refractivity contribution is 6.07. The van der Waals surface area contributed by atoms with Gasteiger partial charge in [0.25, 0.3) is 0 Å². The van der Waals surface area contributed by atoms with Gasteiger partial charge >= 0.3 is 5.63 Å². The van der Waals surface area contributed by atoms with E-state index in [9.17, 15) is 9.59 Å². The fraction of sp³-hybridized carbons (Fsp3) is 0.182. The van der Waals surface area contributed by atoms with Crippen LogP contribution in [0, 0.1) is 0 Å². The Kier molecular flexibility index (Phi) is 4.94. The highest BCUT2D eigenvalue weighted by Gasteiger charge is 2.11. The van der Waals surface area contributed by atoms with Crippen molar-refractivity contribution < 1.29 is 9.21 Å². The minimum atomic E-state index is -0.605. The Balaban J connectivity index is 1.97. The minimum absolute atomic E-state index is 0.0552. The number of fused-ring (bicyclic) bond motifs is 1. The van der Waals surface area contributed by atoms with E-state index in [1.54, 1.807) is 24.3 Å². The van der Waals surface area contributed by atoms with Crippen LogP contribution in [0.2, 0.25) is 0 Å². The van der Waals surface area contributed by atoms with Gasteiger partial charge in [-0.2, -0.15) is 0 Å². The Hall–Kier alpha value is -2.94. The third kappa shape index (κ3) is 3.45. The van der Waals surface area contributed by atoms with Crippen LogP contribution in [0.25, 0.3) is 17.0 Å². The number of rotatable bonds is 5. The van der Waals surface area contributed by atoms with Gasteiger partial charge in [0.15, 0.2) is 5.78 Å². The van der Waals surface area contributed by atoms with Gasteiger partial charge in [0.1, 0.15) is 11.1 Å². The van der Waals surface area contributed by atoms with Crippen LogP contribution in [0.1, 0.15) is 40.9 Å². The number of carbonyl (C=O) groups excluding carboxylic acids is 1. The molecule has 3 nitrogen and oxygen atoms in total. The van der Waals surface area contributed by atoms with Crippen molar-refractivity contribution in [2.75, 3.05) is 0 Å². The van der Waals surface area contributed by atoms with Crippen molar-refractivity contribution in [3.05, 3.63) is 87.3 Å². The van der Waals surface area contributed by atoms with Crippen LogP contribution < -0.4 is 5.63 Å². The summed E-state index contributed by atoms with van der Waals surface area (Å²) in [6.07, 6.45) is 5.09. The summed E-state index contributed by atoms with van der Waals surface area (Å²) >= 11 is 0. The van der Waals surface area contributed by atoms with Gasteiger partial charge in [-0.25, -0.2) is 4.79 Å². The van der Waals surface area contributed by atoms with Crippen LogP contribution in [-0.2, 0) is 12.8 Å². The molecule has 0 aliphatic heterocycles. The second kappa shape index (κ2) is 7.31. The first-order valence-electron chi connectivity index (χ1n) is 8.50. The summed E-state index contributed by atoms with van der Waals surface area (Å²) in [6, 6.07) is 14.9. The Bertz CT molecular complexity index is 1010. The molecule has 1 heterocycles. The fourth-order valence-electron chi connectivity index (χ4n) is 3.06. The number of hydrogen-bond acceptors (Lipinski definition) is 3. The van der Waals surface area contributed by atoms with Gasteiger partial charge in [-0.3, -0.25) is 4.79 Å². The summed E-state index contributed by atoms with van der Waals surface area (Å²) in [5.74, 6) is -0.344. The summed E-state index contributed by atoms with van der Waals surface area (Å²) in [5.41, 5.74) is 3.46. The minimum Gasteiger partial charge on any atom is -0.422 e. The molecule has 0 unspecified atom stereocenters. The van der Waals surface area contributed by atoms with E-state index >= 15 is 0 Å². The molecule has 0 N–H and O–H groups in total. The lowest BCUT2D eigenvalue weighted by Gasteiger charge is -2.09. The van der Waals surface area contributed by atoms with Gasteiger partial charge in [-0.05, 0) is 47.7 Å². The van der Waals surface area contributed by atoms with Gasteiger partial charge in [0.2, 0.25) is 0 Å². The summed E-state index contributed by atoms with van der Waals surface area (Å²) in [5, 5.41) is 0.737. The maximum absolute atomic E-state index is 12.5. The fourth-order valence-corrected chi connectivity index (χ4v) is 3.06. The molecule has 0 spiro atoms. The lowest BCUT2D eigenvalue weighted by Crippen LogP contribution is -2.11. The second-order valence-electron chi connectivity index (χ2n) is 5.87. The zero-order valence-electron chi connectivity index (χ0n) is 14.4. The van der Waals surface area contributed by atoms with Crippen molar-refractivity contribution in [1.82, 2.24) is 0 Å². The maximum atomic E-state index is 12.5. The molecule has 3 heteroatoms. The summed E-state index contributed by atoms with van der Waals surface area (Å²) in [6.45, 7) is 4.22. The van der Waals surface area contributed by atoms with E-state index in [1.165, 1.54) is 17.2 Å². The van der Waals surface area contributed by atoms with Gasteiger partial charge in [0.05, 0.1) is 0 Å². The standard InChI is InChI=1S/C22H20O3/c1-3-15-9-7-10-16(18(15)4-2)12-13-20(23)19-14-17-8-5-6-11-21(17)25-22(19)24/h5-14H,3-4H2,1-2H3. The van der Waals surface area contributed by atoms with Gasteiger partial charge in [0, 0.05) is 5.39 Å². The predicted molar refractivity (Wildman–Crippen MR) is 101 cm³/mol. The van der Waals surface area contributed by atoms with Crippen molar-refractivity contribution in [2.24, 2.45) is 0 Å². The quantitative estimate of drug-likeness (QED) is 0.382. The average Bonchev–Trinajstić information content (AvgIpc) is 2.64. The highest BCUT2D eigenvalue weighted by Crippen LogP contribution is 2.19. The third-order valence-corrected chi connectivity index (χ3v) is 4.36. The molecular formula is C22H20O3. The topological polar surface area (TPSA) is 47.3 Å². The molecule has 0 saturated heterocycles. The molecule has 0 radical (unpaired) electrons. The maximum Gasteiger partial charge on any atom is 0.347 e. The molecule has 0 amide bonds. The Morgan fingerprint density at radius 1 is 1.04 bits per heavy atom. The first kappa shape index (κ1) is 16.9. The molecule has 0 bridgehead atoms. The van der Waals surface area contributed by atoms with Crippen molar-refractivity contribution in [2.45, 2.75) is 26.7 Å². The van der Waals surface area contributed by atoms with Crippen LogP contribution in [0.3, 0.4) is 0 Å². The van der Waals surface area contributed by atoms with Crippen LogP contribution in [0.15, 0.2) is 63.8 Å². The monoisotopic (exact) mass is 332 g/mol. The molecule has 25 heavy (non-hydrogen) atoms. The third-order valence-electron chi connectivity index (χ3n) is 4.36. The van der Waals surface area contributed by atoms with E-state index < -0.39 is 5.63 Å². The summed E-state index contributed by atoms with van der Waals surface area (Å²) < 4.78 is 5.24. The zero-order chi connectivity index (χ0) is 17.8. The van der Waals surface area contributed by atoms with E-state index in [0.717, 1.165) is 23.8 Å². The van der Waals surface area contributed by atoms with Gasteiger partial charge in [-0.15, -0.1) is 0 Å². The zero-order valence-corrected chi connectivity index (χ0v) is 14.4. The smallest absolute Gasteiger partial charge is 0.347 e. The van der Waals surface area contributed by atoms with Gasteiger partial charge in [-0.1, -0.05) is 56.3 Å². The number of carbonyl (C=O) groups is 1. The largest absolute Gasteiger partial charge is 0.422 e. The number of allylic oxidation sites excluding steroid dienone is 1. The molecule has 0 fully saturated rings. The van der Waals surface area contributed by atoms with Crippen LogP contribution in [0.5, 0.6) is 0 Å². The molecule has 3 aromatic rings. The average molecular weight is 332 g/mol. The highest BCUT2D eigenvalue weighted by atomic mass is 16.4. The SMILES string of the molecule is CCc1cccc(C=CC(=O)c2cc3ccccc3oc2=O)c1CC. The number of ketones is 1. The predicted octanol–water partition coefficient (Wildman–Crippen LogP) is 4.81. The Labute approximate surface area is 146 Å². The van der Waals surface area contributed by atoms with E-state index in [1.807, 2.05) is 24.3 Å². The molecule has 3 rings (SSSR count). The lowest BCUT2D eigenvalue weighted by molar-refractivity contribution is 0.104. The second-order valence-corrected chi connectivity index (χ2v) is 5.87. The molecular weight excluding hydrogens is 312 g/mol. The molecule has 0 aliphatic carbocycles. The molecule has 0 saturated carbocycles. The normalized spacial score (nSPS) is 11.3. The Morgan fingerprint density at radius 2 is 1.84 bits per heavy atom. The molecule has 126 valence electrons. The number of benzene rings is 2. The molecule has 0 atom stereocenters.